The second kappa shape index (κ2) is 10.3. The fourth-order valence-electron chi connectivity index (χ4n) is 3.40. The molecule has 0 radical (unpaired) electrons. The van der Waals surface area contributed by atoms with Crippen LogP contribution < -0.4 is 15.4 Å². The Bertz CT molecular complexity index is 1460. The third-order valence-corrected chi connectivity index (χ3v) is 4.99. The third kappa shape index (κ3) is 6.47. The number of carbonyl (C=O) groups is 1. The number of nitrogens with one attached hydrogen (secondary N) is 2. The van der Waals surface area contributed by atoms with Gasteiger partial charge in [0.25, 0.3) is 0 Å². The smallest absolute Gasteiger partial charge is 0.419 e. The summed E-state index contributed by atoms with van der Waals surface area (Å²) in [4.78, 5) is 23.0. The minimum Gasteiger partial charge on any atom is -0.454 e. The Kier molecular flexibility index (Phi) is 7.21. The molecule has 1 heterocycles. The van der Waals surface area contributed by atoms with Crippen molar-refractivity contribution in [2.75, 3.05) is 24.7 Å². The van der Waals surface area contributed by atoms with Gasteiger partial charge in [-0.05, 0) is 56.6 Å². The van der Waals surface area contributed by atoms with E-state index in [9.17, 15) is 26.7 Å². The number of aromatic nitrogens is 2. The van der Waals surface area contributed by atoms with Crippen molar-refractivity contribution in [3.05, 3.63) is 83.7 Å². The Balaban J connectivity index is 1.44. The summed E-state index contributed by atoms with van der Waals surface area (Å²) < 4.78 is 72.3. The van der Waals surface area contributed by atoms with Gasteiger partial charge < -0.3 is 20.3 Å². The van der Waals surface area contributed by atoms with E-state index in [4.69, 9.17) is 4.74 Å². The number of hydrogen-bond acceptors (Lipinski definition) is 5. The summed E-state index contributed by atoms with van der Waals surface area (Å²) in [5.74, 6) is -2.08. The molecule has 37 heavy (non-hydrogen) atoms. The normalized spacial score (nSPS) is 11.6. The van der Waals surface area contributed by atoms with Crippen molar-refractivity contribution in [1.29, 1.82) is 0 Å². The van der Waals surface area contributed by atoms with Gasteiger partial charge in [-0.15, -0.1) is 0 Å². The molecule has 7 nitrogen and oxygen atoms in total. The molecule has 0 unspecified atom stereocenters. The van der Waals surface area contributed by atoms with Crippen LogP contribution in [-0.2, 0) is 12.7 Å². The maximum atomic E-state index is 14.7. The topological polar surface area (TPSA) is 79.4 Å². The first-order chi connectivity index (χ1) is 17.5. The summed E-state index contributed by atoms with van der Waals surface area (Å²) in [5, 5.41) is 4.45. The van der Waals surface area contributed by atoms with E-state index in [0.717, 1.165) is 17.8 Å². The van der Waals surface area contributed by atoms with E-state index < -0.39 is 29.4 Å². The highest BCUT2D eigenvalue weighted by molar-refractivity contribution is 5.99. The number of hydrogen-bond donors (Lipinski definition) is 2. The van der Waals surface area contributed by atoms with E-state index in [1.165, 1.54) is 12.1 Å². The highest BCUT2D eigenvalue weighted by Crippen LogP contribution is 2.33. The van der Waals surface area contributed by atoms with E-state index in [2.05, 4.69) is 20.6 Å². The van der Waals surface area contributed by atoms with Crippen molar-refractivity contribution in [2.24, 2.45) is 0 Å². The molecule has 4 rings (SSSR count). The van der Waals surface area contributed by atoms with Crippen LogP contribution in [-0.4, -0.2) is 35.0 Å². The van der Waals surface area contributed by atoms with Crippen LogP contribution in [0.2, 0.25) is 0 Å². The van der Waals surface area contributed by atoms with Crippen molar-refractivity contribution in [1.82, 2.24) is 14.9 Å². The number of amides is 2. The molecule has 3 aromatic carbocycles. The third-order valence-electron chi connectivity index (χ3n) is 4.99. The van der Waals surface area contributed by atoms with Crippen LogP contribution in [0.1, 0.15) is 11.3 Å². The molecule has 0 aliphatic rings. The lowest BCUT2D eigenvalue weighted by Gasteiger charge is -2.13. The maximum Gasteiger partial charge on any atom is 0.419 e. The number of carbonyl (C=O) groups excluding carboxylic acids is 1. The lowest BCUT2D eigenvalue weighted by molar-refractivity contribution is -0.139. The van der Waals surface area contributed by atoms with E-state index in [0.29, 0.717) is 35.5 Å². The molecule has 0 bridgehead atoms. The molecule has 192 valence electrons. The average Bonchev–Trinajstić information content (AvgIpc) is 2.81. The first-order valence-electron chi connectivity index (χ1n) is 10.8. The van der Waals surface area contributed by atoms with Gasteiger partial charge in [-0.2, -0.15) is 13.2 Å². The van der Waals surface area contributed by atoms with Gasteiger partial charge in [0.15, 0.2) is 11.6 Å². The molecule has 2 N–H and O–H groups in total. The molecule has 1 aromatic heterocycles. The molecular formula is C25H20F5N5O2. The molecule has 0 atom stereocenters. The van der Waals surface area contributed by atoms with Crippen LogP contribution in [0.15, 0.2) is 60.8 Å². The molecule has 2 amide bonds. The Morgan fingerprint density at radius 3 is 2.30 bits per heavy atom. The van der Waals surface area contributed by atoms with E-state index >= 15 is 0 Å². The lowest BCUT2D eigenvalue weighted by atomic mass is 10.2. The highest BCUT2D eigenvalue weighted by Gasteiger charge is 2.34. The van der Waals surface area contributed by atoms with Gasteiger partial charge in [-0.25, -0.2) is 18.6 Å². The Hall–Kier alpha value is -4.32. The van der Waals surface area contributed by atoms with Gasteiger partial charge in [0.2, 0.25) is 0 Å². The SMILES string of the molecule is CN(C)Cc1cnc2ccc(Oc3ccc(NC(=O)Nc4ccc(F)c(C(F)(F)F)c4)cc3F)cc2n1. The van der Waals surface area contributed by atoms with Crippen LogP contribution in [0.25, 0.3) is 11.0 Å². The van der Waals surface area contributed by atoms with Gasteiger partial charge in [0, 0.05) is 30.1 Å². The second-order valence-electron chi connectivity index (χ2n) is 8.27. The molecular weight excluding hydrogens is 497 g/mol. The lowest BCUT2D eigenvalue weighted by Crippen LogP contribution is -2.20. The van der Waals surface area contributed by atoms with Crippen molar-refractivity contribution in [2.45, 2.75) is 12.7 Å². The van der Waals surface area contributed by atoms with Crippen molar-refractivity contribution in [3.63, 3.8) is 0 Å². The van der Waals surface area contributed by atoms with Crippen molar-refractivity contribution >= 4 is 28.4 Å². The highest BCUT2D eigenvalue weighted by atomic mass is 19.4. The molecule has 0 spiro atoms. The molecule has 0 aliphatic heterocycles. The predicted molar refractivity (Wildman–Crippen MR) is 127 cm³/mol. The Morgan fingerprint density at radius 1 is 0.919 bits per heavy atom. The van der Waals surface area contributed by atoms with Crippen LogP contribution in [0.3, 0.4) is 0 Å². The number of benzene rings is 3. The Labute approximate surface area is 207 Å². The number of rotatable bonds is 6. The molecule has 0 aliphatic carbocycles. The Morgan fingerprint density at radius 2 is 1.62 bits per heavy atom. The standard InChI is InChI=1S/C25H20F5N5O2/c1-35(2)13-16-12-31-21-7-5-17(11-22(21)32-16)37-23-8-4-15(10-20(23)27)34-24(36)33-14-3-6-19(26)18(9-14)25(28,29)30/h3-12H,13H2,1-2H3,(H2,33,34,36). The average molecular weight is 517 g/mol. The second-order valence-corrected chi connectivity index (χ2v) is 8.27. The first-order valence-corrected chi connectivity index (χ1v) is 10.8. The molecule has 12 heteroatoms. The van der Waals surface area contributed by atoms with Gasteiger partial charge in [-0.3, -0.25) is 4.98 Å². The summed E-state index contributed by atoms with van der Waals surface area (Å²) >= 11 is 0. The number of alkyl halides is 3. The van der Waals surface area contributed by atoms with E-state index in [1.54, 1.807) is 24.4 Å². The minimum atomic E-state index is -4.93. The van der Waals surface area contributed by atoms with Crippen LogP contribution >= 0.6 is 0 Å². The summed E-state index contributed by atoms with van der Waals surface area (Å²) in [5.41, 5.74) is 0.167. The number of halogens is 5. The van der Waals surface area contributed by atoms with Gasteiger partial charge in [0.05, 0.1) is 28.5 Å². The monoisotopic (exact) mass is 517 g/mol. The zero-order valence-electron chi connectivity index (χ0n) is 19.5. The van der Waals surface area contributed by atoms with E-state index in [-0.39, 0.29) is 17.1 Å². The number of ether oxygens (including phenoxy) is 1. The molecule has 0 saturated heterocycles. The van der Waals surface area contributed by atoms with Crippen molar-refractivity contribution in [3.8, 4) is 11.5 Å². The summed E-state index contributed by atoms with van der Waals surface area (Å²) in [6.07, 6.45) is -3.25. The zero-order valence-corrected chi connectivity index (χ0v) is 19.5. The number of fused-ring (bicyclic) bond motifs is 1. The van der Waals surface area contributed by atoms with Crippen molar-refractivity contribution < 1.29 is 31.5 Å². The fraction of sp³-hybridized carbons (Fsp3) is 0.160. The number of urea groups is 1. The maximum absolute atomic E-state index is 14.7. The summed E-state index contributed by atoms with van der Waals surface area (Å²) in [6, 6.07) is 9.61. The first kappa shape index (κ1) is 25.8. The van der Waals surface area contributed by atoms with Gasteiger partial charge in [0.1, 0.15) is 11.6 Å². The fourth-order valence-corrected chi connectivity index (χ4v) is 3.40. The van der Waals surface area contributed by atoms with Crippen LogP contribution in [0.4, 0.5) is 38.1 Å². The van der Waals surface area contributed by atoms with E-state index in [1.807, 2.05) is 19.0 Å². The minimum absolute atomic E-state index is 0.0122. The number of nitrogens with zero attached hydrogens (tertiary/aromatic N) is 3. The molecule has 0 saturated carbocycles. The summed E-state index contributed by atoms with van der Waals surface area (Å²) in [7, 11) is 3.81. The van der Waals surface area contributed by atoms with Crippen LogP contribution in [0, 0.1) is 11.6 Å². The van der Waals surface area contributed by atoms with Gasteiger partial charge in [-0.1, -0.05) is 0 Å². The molecule has 4 aromatic rings. The predicted octanol–water partition coefficient (Wildman–Crippen LogP) is 6.42. The number of anilines is 2. The quantitative estimate of drug-likeness (QED) is 0.289. The largest absolute Gasteiger partial charge is 0.454 e. The summed E-state index contributed by atoms with van der Waals surface area (Å²) in [6.45, 7) is 0.593. The molecule has 0 fully saturated rings. The zero-order chi connectivity index (χ0) is 26.7. The van der Waals surface area contributed by atoms with Gasteiger partial charge >= 0.3 is 12.2 Å². The van der Waals surface area contributed by atoms with Crippen LogP contribution in [0.5, 0.6) is 11.5 Å².